The van der Waals surface area contributed by atoms with Crippen molar-refractivity contribution in [3.8, 4) is 0 Å². The third kappa shape index (κ3) is 2.99. The van der Waals surface area contributed by atoms with Crippen LogP contribution in [0.15, 0.2) is 24.3 Å². The highest BCUT2D eigenvalue weighted by Gasteiger charge is 2.45. The van der Waals surface area contributed by atoms with Crippen LogP contribution in [0.2, 0.25) is 0 Å². The smallest absolute Gasteiger partial charge is 0.217 e. The minimum atomic E-state index is 0.0884. The average Bonchev–Trinajstić information content (AvgIpc) is 3.18. The van der Waals surface area contributed by atoms with E-state index in [-0.39, 0.29) is 17.4 Å². The Hall–Kier alpha value is -1.35. The zero-order valence-corrected chi connectivity index (χ0v) is 14.9. The molecule has 1 saturated carbocycles. The maximum atomic E-state index is 11.6. The lowest BCUT2D eigenvalue weighted by atomic mass is 9.73. The van der Waals surface area contributed by atoms with E-state index in [1.165, 1.54) is 69.3 Å². The summed E-state index contributed by atoms with van der Waals surface area (Å²) in [4.78, 5) is 14.3. The predicted molar refractivity (Wildman–Crippen MR) is 96.9 cm³/mol. The third-order valence-electron chi connectivity index (χ3n) is 6.68. The van der Waals surface area contributed by atoms with E-state index in [0.717, 1.165) is 12.3 Å². The molecule has 1 aromatic carbocycles. The number of benzene rings is 1. The van der Waals surface area contributed by atoms with Crippen molar-refractivity contribution in [2.45, 2.75) is 63.3 Å². The van der Waals surface area contributed by atoms with Gasteiger partial charge in [-0.2, -0.15) is 0 Å². The fraction of sp³-hybridized carbons (Fsp3) is 0.667. The molecule has 0 aromatic heterocycles. The summed E-state index contributed by atoms with van der Waals surface area (Å²) in [6.07, 6.45) is 9.33. The van der Waals surface area contributed by atoms with Crippen molar-refractivity contribution in [2.24, 2.45) is 5.92 Å². The van der Waals surface area contributed by atoms with Crippen LogP contribution in [-0.4, -0.2) is 30.4 Å². The van der Waals surface area contributed by atoms with E-state index in [1.54, 1.807) is 6.92 Å². The van der Waals surface area contributed by atoms with Crippen LogP contribution in [0.3, 0.4) is 0 Å². The van der Waals surface area contributed by atoms with Gasteiger partial charge in [0.25, 0.3) is 0 Å². The molecular weight excluding hydrogens is 296 g/mol. The van der Waals surface area contributed by atoms with Crippen LogP contribution in [-0.2, 0) is 10.2 Å². The number of nitrogens with one attached hydrogen (secondary N) is 1. The molecule has 1 aromatic rings. The van der Waals surface area contributed by atoms with Crippen LogP contribution in [0, 0.1) is 5.92 Å². The largest absolute Gasteiger partial charge is 0.349 e. The molecule has 24 heavy (non-hydrogen) atoms. The van der Waals surface area contributed by atoms with Gasteiger partial charge in [0.05, 0.1) is 6.04 Å². The van der Waals surface area contributed by atoms with Gasteiger partial charge in [0.2, 0.25) is 5.91 Å². The molecule has 130 valence electrons. The lowest BCUT2D eigenvalue weighted by molar-refractivity contribution is -0.119. The van der Waals surface area contributed by atoms with E-state index in [2.05, 4.69) is 34.5 Å². The first-order valence-electron chi connectivity index (χ1n) is 9.75. The fourth-order valence-corrected chi connectivity index (χ4v) is 5.46. The summed E-state index contributed by atoms with van der Waals surface area (Å²) in [5.74, 6) is 1.03. The summed E-state index contributed by atoms with van der Waals surface area (Å²) in [5.41, 5.74) is 3.15. The van der Waals surface area contributed by atoms with E-state index in [4.69, 9.17) is 0 Å². The maximum absolute atomic E-state index is 11.6. The first kappa shape index (κ1) is 16.1. The highest BCUT2D eigenvalue weighted by Crippen LogP contribution is 2.50. The van der Waals surface area contributed by atoms with Gasteiger partial charge in [-0.25, -0.2) is 0 Å². The van der Waals surface area contributed by atoms with Gasteiger partial charge in [0.15, 0.2) is 0 Å². The second-order valence-electron chi connectivity index (χ2n) is 8.28. The van der Waals surface area contributed by atoms with Crippen molar-refractivity contribution >= 4 is 5.91 Å². The Balaban J connectivity index is 1.47. The van der Waals surface area contributed by atoms with Crippen molar-refractivity contribution in [3.05, 3.63) is 35.4 Å². The van der Waals surface area contributed by atoms with Crippen molar-refractivity contribution in [2.75, 3.05) is 19.6 Å². The number of piperidine rings is 1. The SMILES string of the molecule is CC(=O)N[C@H]1CC2(CCN(CC3CCCC3)CC2)c2ccccc21. The molecule has 3 nitrogen and oxygen atoms in total. The molecule has 2 aliphatic carbocycles. The van der Waals surface area contributed by atoms with Crippen molar-refractivity contribution in [1.82, 2.24) is 10.2 Å². The molecule has 1 saturated heterocycles. The number of rotatable bonds is 3. The number of fused-ring (bicyclic) bond motifs is 2. The van der Waals surface area contributed by atoms with Crippen molar-refractivity contribution in [3.63, 3.8) is 0 Å². The first-order valence-corrected chi connectivity index (χ1v) is 9.75. The van der Waals surface area contributed by atoms with Crippen LogP contribution in [0.1, 0.15) is 69.0 Å². The quantitative estimate of drug-likeness (QED) is 0.916. The molecule has 1 heterocycles. The van der Waals surface area contributed by atoms with Crippen LogP contribution in [0.5, 0.6) is 0 Å². The summed E-state index contributed by atoms with van der Waals surface area (Å²) in [5, 5.41) is 3.19. The van der Waals surface area contributed by atoms with Gasteiger partial charge >= 0.3 is 0 Å². The Morgan fingerprint density at radius 2 is 1.92 bits per heavy atom. The van der Waals surface area contributed by atoms with Gasteiger partial charge in [-0.05, 0) is 62.2 Å². The lowest BCUT2D eigenvalue weighted by Crippen LogP contribution is -2.43. The highest BCUT2D eigenvalue weighted by molar-refractivity contribution is 5.73. The normalized spacial score (nSPS) is 26.6. The molecule has 0 bridgehead atoms. The van der Waals surface area contributed by atoms with Gasteiger partial charge in [-0.1, -0.05) is 37.1 Å². The molecule has 2 fully saturated rings. The third-order valence-corrected chi connectivity index (χ3v) is 6.68. The number of nitrogens with zero attached hydrogens (tertiary/aromatic N) is 1. The van der Waals surface area contributed by atoms with Crippen molar-refractivity contribution in [1.29, 1.82) is 0 Å². The van der Waals surface area contributed by atoms with E-state index < -0.39 is 0 Å². The Labute approximate surface area is 145 Å². The number of amides is 1. The minimum Gasteiger partial charge on any atom is -0.349 e. The standard InChI is InChI=1S/C21H30N2O/c1-16(24)22-20-14-21(19-9-5-4-8-18(19)20)10-12-23(13-11-21)15-17-6-2-3-7-17/h4-5,8-9,17,20H,2-3,6-7,10-15H2,1H3,(H,22,24)/t20-/m0/s1. The molecule has 3 aliphatic rings. The van der Waals surface area contributed by atoms with Crippen molar-refractivity contribution < 1.29 is 4.79 Å². The van der Waals surface area contributed by atoms with E-state index in [0.29, 0.717) is 0 Å². The van der Waals surface area contributed by atoms with Gasteiger partial charge in [-0.15, -0.1) is 0 Å². The first-order chi connectivity index (χ1) is 11.7. The lowest BCUT2D eigenvalue weighted by Gasteiger charge is -2.41. The molecule has 1 aliphatic heterocycles. The zero-order valence-electron chi connectivity index (χ0n) is 14.9. The number of carbonyl (C=O) groups excluding carboxylic acids is 1. The van der Waals surface area contributed by atoms with Gasteiger partial charge in [0.1, 0.15) is 0 Å². The van der Waals surface area contributed by atoms with Gasteiger partial charge in [0, 0.05) is 18.9 Å². The zero-order chi connectivity index (χ0) is 16.6. The number of likely N-dealkylation sites (tertiary alicyclic amines) is 1. The fourth-order valence-electron chi connectivity index (χ4n) is 5.46. The Kier molecular flexibility index (Phi) is 4.38. The van der Waals surface area contributed by atoms with Gasteiger partial charge in [-0.3, -0.25) is 4.79 Å². The molecule has 1 amide bonds. The number of hydrogen-bond acceptors (Lipinski definition) is 2. The second kappa shape index (κ2) is 6.51. The van der Waals surface area contributed by atoms with E-state index >= 15 is 0 Å². The Bertz CT molecular complexity index is 598. The number of carbonyl (C=O) groups is 1. The molecule has 0 unspecified atom stereocenters. The second-order valence-corrected chi connectivity index (χ2v) is 8.28. The Morgan fingerprint density at radius 1 is 1.21 bits per heavy atom. The molecule has 0 radical (unpaired) electrons. The Morgan fingerprint density at radius 3 is 2.62 bits per heavy atom. The predicted octanol–water partition coefficient (Wildman–Crippen LogP) is 3.79. The van der Waals surface area contributed by atoms with E-state index in [1.807, 2.05) is 0 Å². The summed E-state index contributed by atoms with van der Waals surface area (Å²) in [7, 11) is 0. The summed E-state index contributed by atoms with van der Waals surface area (Å²) in [6.45, 7) is 5.39. The minimum absolute atomic E-state index is 0.0884. The molecule has 1 spiro atoms. The van der Waals surface area contributed by atoms with Crippen LogP contribution >= 0.6 is 0 Å². The monoisotopic (exact) mass is 326 g/mol. The molecule has 1 N–H and O–H groups in total. The molecule has 1 atom stereocenters. The maximum Gasteiger partial charge on any atom is 0.217 e. The molecular formula is C21H30N2O. The summed E-state index contributed by atoms with van der Waals surface area (Å²) >= 11 is 0. The summed E-state index contributed by atoms with van der Waals surface area (Å²) in [6, 6.07) is 9.02. The van der Waals surface area contributed by atoms with Crippen LogP contribution < -0.4 is 5.32 Å². The van der Waals surface area contributed by atoms with Gasteiger partial charge < -0.3 is 10.2 Å². The highest BCUT2D eigenvalue weighted by atomic mass is 16.1. The van der Waals surface area contributed by atoms with Crippen LogP contribution in [0.4, 0.5) is 0 Å². The van der Waals surface area contributed by atoms with Crippen LogP contribution in [0.25, 0.3) is 0 Å². The molecule has 4 rings (SSSR count). The number of hydrogen-bond donors (Lipinski definition) is 1. The average molecular weight is 326 g/mol. The summed E-state index contributed by atoms with van der Waals surface area (Å²) < 4.78 is 0. The topological polar surface area (TPSA) is 32.3 Å². The van der Waals surface area contributed by atoms with E-state index in [9.17, 15) is 4.79 Å². The molecule has 3 heteroatoms.